The predicted molar refractivity (Wildman–Crippen MR) is 62.4 cm³/mol. The number of benzene rings is 1. The molecular formula is C11H14N2O4. The minimum Gasteiger partial charge on any atom is -0.507 e. The summed E-state index contributed by atoms with van der Waals surface area (Å²) in [7, 11) is 0. The number of aromatic carboxylic acids is 1. The van der Waals surface area contributed by atoms with Gasteiger partial charge in [0.15, 0.2) is 0 Å². The van der Waals surface area contributed by atoms with Crippen LogP contribution in [0.2, 0.25) is 0 Å². The molecule has 17 heavy (non-hydrogen) atoms. The zero-order chi connectivity index (χ0) is 13.0. The second-order valence-corrected chi connectivity index (χ2v) is 3.79. The highest BCUT2D eigenvalue weighted by Crippen LogP contribution is 2.21. The van der Waals surface area contributed by atoms with E-state index in [2.05, 4.69) is 10.6 Å². The van der Waals surface area contributed by atoms with Crippen molar-refractivity contribution in [2.75, 3.05) is 5.32 Å². The molecule has 1 aromatic carbocycles. The van der Waals surface area contributed by atoms with E-state index in [0.29, 0.717) is 5.69 Å². The summed E-state index contributed by atoms with van der Waals surface area (Å²) in [6.07, 6.45) is 0. The second kappa shape index (κ2) is 5.20. The summed E-state index contributed by atoms with van der Waals surface area (Å²) < 4.78 is 0. The average Bonchev–Trinajstić information content (AvgIpc) is 2.15. The van der Waals surface area contributed by atoms with E-state index < -0.39 is 12.0 Å². The van der Waals surface area contributed by atoms with E-state index in [0.717, 1.165) is 0 Å². The van der Waals surface area contributed by atoms with Crippen molar-refractivity contribution < 1.29 is 19.8 Å². The summed E-state index contributed by atoms with van der Waals surface area (Å²) in [6.45, 7) is 3.62. The average molecular weight is 238 g/mol. The summed E-state index contributed by atoms with van der Waals surface area (Å²) in [5, 5.41) is 23.2. The maximum absolute atomic E-state index is 11.3. The van der Waals surface area contributed by atoms with E-state index in [9.17, 15) is 14.7 Å². The smallest absolute Gasteiger partial charge is 0.339 e. The number of anilines is 1. The molecule has 0 spiro atoms. The maximum Gasteiger partial charge on any atom is 0.339 e. The monoisotopic (exact) mass is 238 g/mol. The molecule has 1 aromatic rings. The summed E-state index contributed by atoms with van der Waals surface area (Å²) in [4.78, 5) is 22.0. The van der Waals surface area contributed by atoms with E-state index >= 15 is 0 Å². The van der Waals surface area contributed by atoms with Crippen molar-refractivity contribution in [2.45, 2.75) is 19.9 Å². The fourth-order valence-corrected chi connectivity index (χ4v) is 1.22. The maximum atomic E-state index is 11.3. The molecule has 2 amide bonds. The number of carboxylic acids is 1. The number of hydrogen-bond donors (Lipinski definition) is 4. The van der Waals surface area contributed by atoms with Crippen LogP contribution < -0.4 is 10.6 Å². The zero-order valence-electron chi connectivity index (χ0n) is 9.52. The Hall–Kier alpha value is -2.24. The predicted octanol–water partition coefficient (Wildman–Crippen LogP) is 1.62. The Morgan fingerprint density at radius 2 is 1.94 bits per heavy atom. The van der Waals surface area contributed by atoms with Crippen molar-refractivity contribution in [1.29, 1.82) is 0 Å². The van der Waals surface area contributed by atoms with E-state index in [1.54, 1.807) is 0 Å². The van der Waals surface area contributed by atoms with Gasteiger partial charge in [-0.3, -0.25) is 0 Å². The Labute approximate surface area is 98.3 Å². The molecule has 0 fully saturated rings. The van der Waals surface area contributed by atoms with Crippen molar-refractivity contribution in [2.24, 2.45) is 0 Å². The summed E-state index contributed by atoms with van der Waals surface area (Å²) in [5.74, 6) is -1.61. The highest BCUT2D eigenvalue weighted by atomic mass is 16.4. The number of carbonyl (C=O) groups is 2. The van der Waals surface area contributed by atoms with Gasteiger partial charge < -0.3 is 20.8 Å². The van der Waals surface area contributed by atoms with E-state index in [1.807, 2.05) is 13.8 Å². The molecule has 0 atom stereocenters. The molecule has 0 heterocycles. The molecular weight excluding hydrogens is 224 g/mol. The van der Waals surface area contributed by atoms with Gasteiger partial charge >= 0.3 is 12.0 Å². The Kier molecular flexibility index (Phi) is 3.92. The van der Waals surface area contributed by atoms with Crippen LogP contribution in [-0.4, -0.2) is 28.3 Å². The fourth-order valence-electron chi connectivity index (χ4n) is 1.22. The van der Waals surface area contributed by atoms with E-state index in [4.69, 9.17) is 5.11 Å². The molecule has 92 valence electrons. The minimum atomic E-state index is -1.22. The van der Waals surface area contributed by atoms with Crippen molar-refractivity contribution in [3.05, 3.63) is 23.8 Å². The van der Waals surface area contributed by atoms with Crippen LogP contribution in [0.4, 0.5) is 10.5 Å². The van der Waals surface area contributed by atoms with Crippen LogP contribution in [0.1, 0.15) is 24.2 Å². The molecule has 6 heteroatoms. The van der Waals surface area contributed by atoms with Gasteiger partial charge in [-0.1, -0.05) is 0 Å². The Bertz CT molecular complexity index is 443. The molecule has 0 aliphatic carbocycles. The molecule has 1 rings (SSSR count). The van der Waals surface area contributed by atoms with Gasteiger partial charge in [-0.05, 0) is 26.0 Å². The van der Waals surface area contributed by atoms with Crippen LogP contribution in [-0.2, 0) is 0 Å². The van der Waals surface area contributed by atoms with Crippen LogP contribution in [0.5, 0.6) is 5.75 Å². The molecule has 6 nitrogen and oxygen atoms in total. The molecule has 0 saturated carbocycles. The van der Waals surface area contributed by atoms with Crippen molar-refractivity contribution in [1.82, 2.24) is 5.32 Å². The molecule has 0 aliphatic heterocycles. The van der Waals surface area contributed by atoms with Crippen LogP contribution in [0, 0.1) is 0 Å². The lowest BCUT2D eigenvalue weighted by Gasteiger charge is -2.10. The normalized spacial score (nSPS) is 10.1. The number of phenols is 1. The van der Waals surface area contributed by atoms with E-state index in [1.165, 1.54) is 18.2 Å². The molecule has 4 N–H and O–H groups in total. The van der Waals surface area contributed by atoms with Gasteiger partial charge in [0.2, 0.25) is 0 Å². The van der Waals surface area contributed by atoms with Gasteiger partial charge in [0, 0.05) is 17.8 Å². The Balaban J connectivity index is 2.77. The number of carboxylic acid groups (broad SMARTS) is 1. The quantitative estimate of drug-likeness (QED) is 0.643. The van der Waals surface area contributed by atoms with Crippen LogP contribution in [0.15, 0.2) is 18.2 Å². The van der Waals surface area contributed by atoms with Gasteiger partial charge in [-0.25, -0.2) is 9.59 Å². The number of aromatic hydroxyl groups is 1. The highest BCUT2D eigenvalue weighted by Gasteiger charge is 2.10. The first kappa shape index (κ1) is 12.8. The van der Waals surface area contributed by atoms with Crippen LogP contribution >= 0.6 is 0 Å². The highest BCUT2D eigenvalue weighted by molar-refractivity contribution is 5.93. The molecule has 0 aromatic heterocycles. The van der Waals surface area contributed by atoms with Gasteiger partial charge in [-0.2, -0.15) is 0 Å². The zero-order valence-corrected chi connectivity index (χ0v) is 9.52. The summed E-state index contributed by atoms with van der Waals surface area (Å²) in [5.41, 5.74) is 0.116. The van der Waals surface area contributed by atoms with Crippen LogP contribution in [0.25, 0.3) is 0 Å². The molecule has 0 bridgehead atoms. The summed E-state index contributed by atoms with van der Waals surface area (Å²) in [6, 6.07) is 3.39. The third-order valence-corrected chi connectivity index (χ3v) is 1.91. The third-order valence-electron chi connectivity index (χ3n) is 1.91. The molecule has 0 unspecified atom stereocenters. The first-order valence-corrected chi connectivity index (χ1v) is 5.04. The lowest BCUT2D eigenvalue weighted by atomic mass is 10.2. The van der Waals surface area contributed by atoms with Crippen molar-refractivity contribution in [3.8, 4) is 5.75 Å². The lowest BCUT2D eigenvalue weighted by Crippen LogP contribution is -2.34. The fraction of sp³-hybridized carbons (Fsp3) is 0.273. The van der Waals surface area contributed by atoms with Gasteiger partial charge in [0.05, 0.1) is 0 Å². The van der Waals surface area contributed by atoms with Gasteiger partial charge in [0.1, 0.15) is 11.3 Å². The first-order chi connectivity index (χ1) is 7.90. The number of hydrogen-bond acceptors (Lipinski definition) is 3. The topological polar surface area (TPSA) is 98.7 Å². The summed E-state index contributed by atoms with van der Waals surface area (Å²) >= 11 is 0. The largest absolute Gasteiger partial charge is 0.507 e. The van der Waals surface area contributed by atoms with Gasteiger partial charge in [-0.15, -0.1) is 0 Å². The minimum absolute atomic E-state index is 0.0121. The first-order valence-electron chi connectivity index (χ1n) is 5.04. The Morgan fingerprint density at radius 1 is 1.29 bits per heavy atom. The van der Waals surface area contributed by atoms with Gasteiger partial charge in [0.25, 0.3) is 0 Å². The number of amides is 2. The SMILES string of the molecule is CC(C)NC(=O)Nc1ccc(C(=O)O)c(O)c1. The lowest BCUT2D eigenvalue weighted by molar-refractivity contribution is 0.0694. The number of urea groups is 1. The number of rotatable bonds is 3. The molecule has 0 radical (unpaired) electrons. The number of nitrogens with one attached hydrogen (secondary N) is 2. The molecule has 0 aliphatic rings. The van der Waals surface area contributed by atoms with Crippen molar-refractivity contribution in [3.63, 3.8) is 0 Å². The second-order valence-electron chi connectivity index (χ2n) is 3.79. The van der Waals surface area contributed by atoms with Crippen molar-refractivity contribution >= 4 is 17.7 Å². The van der Waals surface area contributed by atoms with Crippen LogP contribution in [0.3, 0.4) is 0 Å². The standard InChI is InChI=1S/C11H14N2O4/c1-6(2)12-11(17)13-7-3-4-8(10(15)16)9(14)5-7/h3-6,14H,1-2H3,(H,15,16)(H2,12,13,17). The molecule has 0 saturated heterocycles. The van der Waals surface area contributed by atoms with E-state index in [-0.39, 0.29) is 17.4 Å². The Morgan fingerprint density at radius 3 is 2.41 bits per heavy atom. The number of carbonyl (C=O) groups excluding carboxylic acids is 1. The third kappa shape index (κ3) is 3.67.